The second-order valence-electron chi connectivity index (χ2n) is 7.03. The molecule has 0 radical (unpaired) electrons. The molecule has 1 amide bonds. The first-order valence-corrected chi connectivity index (χ1v) is 12.1. The molecule has 0 N–H and O–H groups in total. The van der Waals surface area contributed by atoms with Crippen molar-refractivity contribution in [1.29, 1.82) is 0 Å². The zero-order valence-corrected chi connectivity index (χ0v) is 18.7. The molecule has 4 rings (SSSR count). The number of piperazine rings is 1. The van der Waals surface area contributed by atoms with Crippen LogP contribution in [0.15, 0.2) is 58.8 Å². The quantitative estimate of drug-likeness (QED) is 0.590. The highest BCUT2D eigenvalue weighted by Gasteiger charge is 2.32. The van der Waals surface area contributed by atoms with Gasteiger partial charge >= 0.3 is 0 Å². The minimum absolute atomic E-state index is 0.0914. The number of hydrogen-bond acceptors (Lipinski definition) is 5. The molecule has 2 heterocycles. The summed E-state index contributed by atoms with van der Waals surface area (Å²) in [5.74, 6) is -0.181. The lowest BCUT2D eigenvalue weighted by molar-refractivity contribution is 0.0693. The van der Waals surface area contributed by atoms with Gasteiger partial charge in [0.2, 0.25) is 10.0 Å². The van der Waals surface area contributed by atoms with E-state index in [1.165, 1.54) is 21.7 Å². The second-order valence-corrected chi connectivity index (χ2v) is 10.2. The number of amides is 1. The molecule has 1 saturated heterocycles. The maximum absolute atomic E-state index is 12.9. The molecule has 1 aliphatic rings. The molecular weight excluding hydrogens is 442 g/mol. The van der Waals surface area contributed by atoms with Gasteiger partial charge in [0.25, 0.3) is 5.91 Å². The van der Waals surface area contributed by atoms with Crippen LogP contribution in [0.4, 0.5) is 0 Å². The minimum Gasteiger partial charge on any atom is -0.335 e. The summed E-state index contributed by atoms with van der Waals surface area (Å²) in [4.78, 5) is 19.1. The van der Waals surface area contributed by atoms with Gasteiger partial charge in [0, 0.05) is 37.1 Å². The zero-order chi connectivity index (χ0) is 21.3. The van der Waals surface area contributed by atoms with Crippen LogP contribution in [-0.2, 0) is 10.0 Å². The molecule has 2 aromatic carbocycles. The Bertz CT molecular complexity index is 1170. The summed E-state index contributed by atoms with van der Waals surface area (Å²) >= 11 is 7.50. The fourth-order valence-corrected chi connectivity index (χ4v) is 6.00. The topological polar surface area (TPSA) is 70.6 Å². The Labute approximate surface area is 184 Å². The molecule has 0 aliphatic carbocycles. The number of thiazole rings is 1. The molecule has 1 aromatic heterocycles. The van der Waals surface area contributed by atoms with E-state index in [1.54, 1.807) is 28.5 Å². The normalized spacial score (nSPS) is 15.3. The second kappa shape index (κ2) is 8.47. The Balaban J connectivity index is 1.44. The Morgan fingerprint density at radius 2 is 1.70 bits per heavy atom. The van der Waals surface area contributed by atoms with Crippen molar-refractivity contribution in [3.63, 3.8) is 0 Å². The van der Waals surface area contributed by atoms with E-state index in [-0.39, 0.29) is 28.9 Å². The third-order valence-electron chi connectivity index (χ3n) is 5.00. The van der Waals surface area contributed by atoms with Crippen LogP contribution in [0.25, 0.3) is 10.6 Å². The smallest absolute Gasteiger partial charge is 0.273 e. The maximum Gasteiger partial charge on any atom is 0.273 e. The third-order valence-corrected chi connectivity index (χ3v) is 8.29. The first kappa shape index (κ1) is 21.0. The monoisotopic (exact) mass is 461 g/mol. The molecule has 0 spiro atoms. The Hall–Kier alpha value is -2.26. The first-order valence-electron chi connectivity index (χ1n) is 9.43. The van der Waals surface area contributed by atoms with Crippen LogP contribution in [0.2, 0.25) is 5.02 Å². The zero-order valence-electron chi connectivity index (χ0n) is 16.3. The lowest BCUT2D eigenvalue weighted by atomic mass is 10.2. The van der Waals surface area contributed by atoms with Crippen molar-refractivity contribution in [3.8, 4) is 10.6 Å². The van der Waals surface area contributed by atoms with Crippen LogP contribution in [0.5, 0.6) is 0 Å². The van der Waals surface area contributed by atoms with Crippen molar-refractivity contribution in [2.24, 2.45) is 0 Å². The maximum atomic E-state index is 12.9. The summed E-state index contributed by atoms with van der Waals surface area (Å²) in [6, 6.07) is 14.4. The molecule has 0 bridgehead atoms. The van der Waals surface area contributed by atoms with Gasteiger partial charge < -0.3 is 4.90 Å². The summed E-state index contributed by atoms with van der Waals surface area (Å²) < 4.78 is 27.1. The van der Waals surface area contributed by atoms with E-state index in [4.69, 9.17) is 11.6 Å². The highest BCUT2D eigenvalue weighted by Crippen LogP contribution is 2.27. The predicted molar refractivity (Wildman–Crippen MR) is 118 cm³/mol. The van der Waals surface area contributed by atoms with Crippen LogP contribution >= 0.6 is 22.9 Å². The van der Waals surface area contributed by atoms with Crippen molar-refractivity contribution in [2.75, 3.05) is 26.2 Å². The summed E-state index contributed by atoms with van der Waals surface area (Å²) in [7, 11) is -3.69. The minimum atomic E-state index is -3.69. The molecule has 9 heteroatoms. The average Bonchev–Trinajstić information content (AvgIpc) is 3.24. The molecule has 3 aromatic rings. The molecule has 0 unspecified atom stereocenters. The van der Waals surface area contributed by atoms with Gasteiger partial charge in [-0.05, 0) is 19.1 Å². The van der Waals surface area contributed by atoms with Crippen molar-refractivity contribution in [1.82, 2.24) is 14.2 Å². The van der Waals surface area contributed by atoms with Crippen LogP contribution in [-0.4, -0.2) is 54.7 Å². The van der Waals surface area contributed by atoms with Crippen molar-refractivity contribution < 1.29 is 13.2 Å². The van der Waals surface area contributed by atoms with Crippen molar-refractivity contribution >= 4 is 38.9 Å². The largest absolute Gasteiger partial charge is 0.335 e. The lowest BCUT2D eigenvalue weighted by Gasteiger charge is -2.33. The van der Waals surface area contributed by atoms with Crippen molar-refractivity contribution in [2.45, 2.75) is 11.8 Å². The summed E-state index contributed by atoms with van der Waals surface area (Å²) in [5.41, 5.74) is 2.52. The first-order chi connectivity index (χ1) is 14.4. The van der Waals surface area contributed by atoms with E-state index in [0.29, 0.717) is 18.8 Å². The number of carbonyl (C=O) groups is 1. The van der Waals surface area contributed by atoms with Crippen LogP contribution in [0.1, 0.15) is 16.1 Å². The summed E-state index contributed by atoms with van der Waals surface area (Å²) in [6.45, 7) is 3.06. The molecule has 1 fully saturated rings. The summed E-state index contributed by atoms with van der Waals surface area (Å²) in [6.07, 6.45) is 0. The molecule has 156 valence electrons. The van der Waals surface area contributed by atoms with Gasteiger partial charge in [-0.3, -0.25) is 4.79 Å². The standard InChI is InChI=1S/C21H20ClN3O3S2/c1-15-6-8-16(9-7-15)20-23-18(14-29-20)21(26)24-10-12-25(13-11-24)30(27,28)19-5-3-2-4-17(19)22/h2-9,14H,10-13H2,1H3. The van der Waals surface area contributed by atoms with Gasteiger partial charge in [-0.15, -0.1) is 11.3 Å². The Morgan fingerprint density at radius 1 is 1.03 bits per heavy atom. The van der Waals surface area contributed by atoms with E-state index in [2.05, 4.69) is 4.98 Å². The predicted octanol–water partition coefficient (Wildman–Crippen LogP) is 3.92. The number of rotatable bonds is 4. The number of hydrogen-bond donors (Lipinski definition) is 0. The molecule has 30 heavy (non-hydrogen) atoms. The van der Waals surface area contributed by atoms with Gasteiger partial charge in [-0.25, -0.2) is 13.4 Å². The van der Waals surface area contributed by atoms with E-state index < -0.39 is 10.0 Å². The third kappa shape index (κ3) is 4.13. The highest BCUT2D eigenvalue weighted by atomic mass is 35.5. The van der Waals surface area contributed by atoms with Crippen molar-refractivity contribution in [3.05, 3.63) is 70.2 Å². The van der Waals surface area contributed by atoms with E-state index in [0.717, 1.165) is 16.1 Å². The molecular formula is C21H20ClN3O3S2. The number of carbonyl (C=O) groups excluding carboxylic acids is 1. The number of benzene rings is 2. The van der Waals surface area contributed by atoms with E-state index >= 15 is 0 Å². The molecule has 0 atom stereocenters. The molecule has 6 nitrogen and oxygen atoms in total. The molecule has 0 saturated carbocycles. The van der Waals surface area contributed by atoms with Crippen LogP contribution in [0, 0.1) is 6.92 Å². The lowest BCUT2D eigenvalue weighted by Crippen LogP contribution is -2.50. The van der Waals surface area contributed by atoms with Crippen LogP contribution < -0.4 is 0 Å². The fourth-order valence-electron chi connectivity index (χ4n) is 3.29. The van der Waals surface area contributed by atoms with Crippen LogP contribution in [0.3, 0.4) is 0 Å². The fraction of sp³-hybridized carbons (Fsp3) is 0.238. The van der Waals surface area contributed by atoms with Gasteiger partial charge in [0.05, 0.1) is 5.02 Å². The number of aryl methyl sites for hydroxylation is 1. The van der Waals surface area contributed by atoms with E-state index in [1.807, 2.05) is 31.2 Å². The van der Waals surface area contributed by atoms with E-state index in [9.17, 15) is 13.2 Å². The number of nitrogens with zero attached hydrogens (tertiary/aromatic N) is 3. The number of sulfonamides is 1. The summed E-state index contributed by atoms with van der Waals surface area (Å²) in [5, 5.41) is 2.74. The van der Waals surface area contributed by atoms with Gasteiger partial charge in [-0.1, -0.05) is 53.6 Å². The SMILES string of the molecule is Cc1ccc(-c2nc(C(=O)N3CCN(S(=O)(=O)c4ccccc4Cl)CC3)cs2)cc1. The Morgan fingerprint density at radius 3 is 2.37 bits per heavy atom. The number of halogens is 1. The highest BCUT2D eigenvalue weighted by molar-refractivity contribution is 7.89. The number of aromatic nitrogens is 1. The average molecular weight is 462 g/mol. The van der Waals surface area contributed by atoms with Gasteiger partial charge in [0.15, 0.2) is 0 Å². The van der Waals surface area contributed by atoms with Gasteiger partial charge in [-0.2, -0.15) is 4.31 Å². The van der Waals surface area contributed by atoms with Gasteiger partial charge in [0.1, 0.15) is 15.6 Å². The molecule has 1 aliphatic heterocycles. The Kier molecular flexibility index (Phi) is 5.92.